The van der Waals surface area contributed by atoms with E-state index in [1.807, 2.05) is 37.3 Å². The molecule has 0 bridgehead atoms. The van der Waals surface area contributed by atoms with Gasteiger partial charge >= 0.3 is 0 Å². The lowest BCUT2D eigenvalue weighted by Gasteiger charge is -2.31. The van der Waals surface area contributed by atoms with Gasteiger partial charge in [0, 0.05) is 18.7 Å². The third-order valence-corrected chi connectivity index (χ3v) is 3.56. The molecule has 0 atom stereocenters. The molecule has 1 aromatic carbocycles. The van der Waals surface area contributed by atoms with Crippen molar-refractivity contribution in [1.82, 2.24) is 4.90 Å². The molecular formula is C17H23NO2. The molecule has 1 aliphatic rings. The number of Topliss-reactive ketones (excluding diaryl/α,β-unsaturated/α-hetero) is 1. The van der Waals surface area contributed by atoms with Crippen molar-refractivity contribution < 1.29 is 9.53 Å². The molecule has 0 aromatic heterocycles. The minimum Gasteiger partial charge on any atom is -0.374 e. The summed E-state index contributed by atoms with van der Waals surface area (Å²) in [6.07, 6.45) is 2.31. The fraction of sp³-hybridized carbons (Fsp3) is 0.471. The Morgan fingerprint density at radius 3 is 2.55 bits per heavy atom. The van der Waals surface area contributed by atoms with Gasteiger partial charge in [-0.05, 0) is 19.8 Å². The van der Waals surface area contributed by atoms with Gasteiger partial charge in [0.05, 0.1) is 19.3 Å². The second-order valence-electron chi connectivity index (χ2n) is 5.53. The van der Waals surface area contributed by atoms with Crippen molar-refractivity contribution in [2.24, 2.45) is 0 Å². The number of benzene rings is 1. The van der Waals surface area contributed by atoms with Crippen molar-refractivity contribution in [2.45, 2.75) is 25.9 Å². The van der Waals surface area contributed by atoms with Crippen LogP contribution in [-0.4, -0.2) is 43.0 Å². The molecule has 0 unspecified atom stereocenters. The number of likely N-dealkylation sites (tertiary alicyclic amines) is 1. The lowest BCUT2D eigenvalue weighted by Crippen LogP contribution is -2.40. The molecular weight excluding hydrogens is 250 g/mol. The molecule has 0 aliphatic carbocycles. The summed E-state index contributed by atoms with van der Waals surface area (Å²) in [6, 6.07) is 9.51. The Labute approximate surface area is 121 Å². The van der Waals surface area contributed by atoms with Crippen molar-refractivity contribution in [3.8, 4) is 0 Å². The van der Waals surface area contributed by atoms with E-state index in [9.17, 15) is 4.79 Å². The average Bonchev–Trinajstić information content (AvgIpc) is 2.47. The normalized spacial score (nSPS) is 17.1. The van der Waals surface area contributed by atoms with Gasteiger partial charge in [0.2, 0.25) is 0 Å². The molecule has 1 heterocycles. The lowest BCUT2D eigenvalue weighted by atomic mass is 10.1. The fourth-order valence-corrected chi connectivity index (χ4v) is 2.41. The molecule has 20 heavy (non-hydrogen) atoms. The summed E-state index contributed by atoms with van der Waals surface area (Å²) in [4.78, 5) is 14.3. The molecule has 0 spiro atoms. The molecule has 1 saturated heterocycles. The number of ether oxygens (including phenoxy) is 1. The van der Waals surface area contributed by atoms with Crippen LogP contribution < -0.4 is 0 Å². The first-order valence-corrected chi connectivity index (χ1v) is 7.22. The van der Waals surface area contributed by atoms with Crippen LogP contribution in [0.3, 0.4) is 0 Å². The zero-order valence-electron chi connectivity index (χ0n) is 12.2. The van der Waals surface area contributed by atoms with E-state index in [0.29, 0.717) is 19.3 Å². The molecule has 1 aromatic rings. The van der Waals surface area contributed by atoms with E-state index in [0.717, 1.165) is 37.1 Å². The number of hydrogen-bond acceptors (Lipinski definition) is 3. The molecule has 0 amide bonds. The predicted molar refractivity (Wildman–Crippen MR) is 81.0 cm³/mol. The number of piperidine rings is 1. The molecule has 0 saturated carbocycles. The standard InChI is InChI=1S/C17H23NO2/c1-14(2)13-20-16-8-10-18(11-9-16)12-17(19)15-6-4-3-5-7-15/h3-7,16H,1,8-13H2,2H3. The van der Waals surface area contributed by atoms with Crippen molar-refractivity contribution in [2.75, 3.05) is 26.2 Å². The van der Waals surface area contributed by atoms with Gasteiger partial charge in [0.25, 0.3) is 0 Å². The summed E-state index contributed by atoms with van der Waals surface area (Å²) in [5.74, 6) is 0.201. The Balaban J connectivity index is 1.74. The van der Waals surface area contributed by atoms with Crippen molar-refractivity contribution >= 4 is 5.78 Å². The Morgan fingerprint density at radius 2 is 1.95 bits per heavy atom. The van der Waals surface area contributed by atoms with Crippen LogP contribution in [0.15, 0.2) is 42.5 Å². The number of hydrogen-bond donors (Lipinski definition) is 0. The molecule has 1 fully saturated rings. The molecule has 108 valence electrons. The Hall–Kier alpha value is -1.45. The lowest BCUT2D eigenvalue weighted by molar-refractivity contribution is 0.0195. The van der Waals surface area contributed by atoms with Crippen LogP contribution in [0.1, 0.15) is 30.1 Å². The Bertz CT molecular complexity index is 447. The van der Waals surface area contributed by atoms with Gasteiger partial charge in [-0.25, -0.2) is 0 Å². The Kier molecular flexibility index (Phi) is 5.50. The summed E-state index contributed by atoms with van der Waals surface area (Å²) < 4.78 is 5.77. The number of carbonyl (C=O) groups excluding carboxylic acids is 1. The highest BCUT2D eigenvalue weighted by molar-refractivity contribution is 5.97. The maximum Gasteiger partial charge on any atom is 0.176 e. The van der Waals surface area contributed by atoms with Crippen LogP contribution in [0.5, 0.6) is 0 Å². The van der Waals surface area contributed by atoms with Gasteiger partial charge < -0.3 is 4.74 Å². The summed E-state index contributed by atoms with van der Waals surface area (Å²) in [5, 5.41) is 0. The molecule has 0 radical (unpaired) electrons. The van der Waals surface area contributed by atoms with Crippen LogP contribution in [0.25, 0.3) is 0 Å². The number of nitrogens with zero attached hydrogens (tertiary/aromatic N) is 1. The largest absolute Gasteiger partial charge is 0.374 e. The second-order valence-corrected chi connectivity index (χ2v) is 5.53. The molecule has 3 nitrogen and oxygen atoms in total. The van der Waals surface area contributed by atoms with Crippen LogP contribution in [0.2, 0.25) is 0 Å². The third kappa shape index (κ3) is 4.58. The van der Waals surface area contributed by atoms with Gasteiger partial charge in [0.15, 0.2) is 5.78 Å². The zero-order chi connectivity index (χ0) is 14.4. The van der Waals surface area contributed by atoms with Gasteiger partial charge in [-0.15, -0.1) is 0 Å². The topological polar surface area (TPSA) is 29.5 Å². The predicted octanol–water partition coefficient (Wildman–Crippen LogP) is 2.93. The van der Waals surface area contributed by atoms with Crippen LogP contribution in [0, 0.1) is 0 Å². The van der Waals surface area contributed by atoms with Crippen molar-refractivity contribution in [1.29, 1.82) is 0 Å². The quantitative estimate of drug-likeness (QED) is 0.589. The monoisotopic (exact) mass is 273 g/mol. The minimum atomic E-state index is 0.201. The van der Waals surface area contributed by atoms with E-state index in [1.54, 1.807) is 0 Å². The van der Waals surface area contributed by atoms with E-state index >= 15 is 0 Å². The summed E-state index contributed by atoms with van der Waals surface area (Å²) in [7, 11) is 0. The summed E-state index contributed by atoms with van der Waals surface area (Å²) >= 11 is 0. The van der Waals surface area contributed by atoms with Gasteiger partial charge in [-0.1, -0.05) is 42.5 Å². The van der Waals surface area contributed by atoms with Crippen molar-refractivity contribution in [3.63, 3.8) is 0 Å². The van der Waals surface area contributed by atoms with Gasteiger partial charge in [0.1, 0.15) is 0 Å². The summed E-state index contributed by atoms with van der Waals surface area (Å²) in [6.45, 7) is 8.84. The number of rotatable bonds is 6. The third-order valence-electron chi connectivity index (χ3n) is 3.56. The maximum absolute atomic E-state index is 12.1. The molecule has 0 N–H and O–H groups in total. The number of carbonyl (C=O) groups is 1. The second kappa shape index (κ2) is 7.36. The smallest absolute Gasteiger partial charge is 0.176 e. The highest BCUT2D eigenvalue weighted by atomic mass is 16.5. The van der Waals surface area contributed by atoms with E-state index in [4.69, 9.17) is 4.74 Å². The van der Waals surface area contributed by atoms with E-state index in [2.05, 4.69) is 11.5 Å². The first-order valence-electron chi connectivity index (χ1n) is 7.22. The number of ketones is 1. The van der Waals surface area contributed by atoms with Gasteiger partial charge in [-0.2, -0.15) is 0 Å². The highest BCUT2D eigenvalue weighted by Gasteiger charge is 2.21. The van der Waals surface area contributed by atoms with E-state index in [-0.39, 0.29) is 5.78 Å². The fourth-order valence-electron chi connectivity index (χ4n) is 2.41. The zero-order valence-corrected chi connectivity index (χ0v) is 12.2. The van der Waals surface area contributed by atoms with Crippen LogP contribution >= 0.6 is 0 Å². The molecule has 3 heteroatoms. The minimum absolute atomic E-state index is 0.201. The van der Waals surface area contributed by atoms with Crippen LogP contribution in [-0.2, 0) is 4.74 Å². The first-order chi connectivity index (χ1) is 9.65. The van der Waals surface area contributed by atoms with Gasteiger partial charge in [-0.3, -0.25) is 9.69 Å². The highest BCUT2D eigenvalue weighted by Crippen LogP contribution is 2.15. The maximum atomic E-state index is 12.1. The molecule has 1 aliphatic heterocycles. The Morgan fingerprint density at radius 1 is 1.30 bits per heavy atom. The SMILES string of the molecule is C=C(C)COC1CCN(CC(=O)c2ccccc2)CC1. The van der Waals surface area contributed by atoms with E-state index in [1.165, 1.54) is 0 Å². The molecule has 2 rings (SSSR count). The van der Waals surface area contributed by atoms with Crippen molar-refractivity contribution in [3.05, 3.63) is 48.0 Å². The summed E-state index contributed by atoms with van der Waals surface area (Å²) in [5.41, 5.74) is 1.86. The average molecular weight is 273 g/mol. The van der Waals surface area contributed by atoms with Crippen LogP contribution in [0.4, 0.5) is 0 Å². The van der Waals surface area contributed by atoms with E-state index < -0.39 is 0 Å². The first kappa shape index (κ1) is 14.9.